The van der Waals surface area contributed by atoms with E-state index in [1.807, 2.05) is 5.32 Å². The summed E-state index contributed by atoms with van der Waals surface area (Å²) in [5.41, 5.74) is -0.796. The van der Waals surface area contributed by atoms with Crippen LogP contribution in [0.1, 0.15) is 27.7 Å². The van der Waals surface area contributed by atoms with Crippen molar-refractivity contribution in [2.24, 2.45) is 0 Å². The van der Waals surface area contributed by atoms with Crippen molar-refractivity contribution in [2.45, 2.75) is 39.3 Å². The van der Waals surface area contributed by atoms with Gasteiger partial charge in [0.2, 0.25) is 0 Å². The summed E-state index contributed by atoms with van der Waals surface area (Å²) in [5, 5.41) is 12.5. The number of esters is 1. The molecular weight excluding hydrogens is 253 g/mol. The summed E-state index contributed by atoms with van der Waals surface area (Å²) in [6, 6.07) is -1.87. The Bertz CT molecular complexity index is 312. The molecule has 1 N–H and O–H groups in total. The van der Waals surface area contributed by atoms with Crippen LogP contribution in [0, 0.1) is 0 Å². The molecule has 0 saturated carbocycles. The van der Waals surface area contributed by atoms with Crippen molar-refractivity contribution in [2.75, 3.05) is 6.61 Å². The minimum absolute atomic E-state index is 0. The number of rotatable bonds is 4. The van der Waals surface area contributed by atoms with Crippen molar-refractivity contribution < 1.29 is 58.5 Å². The minimum atomic E-state index is -1.87. The van der Waals surface area contributed by atoms with Gasteiger partial charge in [-0.05, 0) is 27.7 Å². The Kier molecular flexibility index (Phi) is 9.05. The normalized spacial score (nSPS) is 11.8. The fraction of sp³-hybridized carbons (Fsp3) is 0.700. The van der Waals surface area contributed by atoms with Gasteiger partial charge in [0.1, 0.15) is 5.60 Å². The fourth-order valence-corrected chi connectivity index (χ4v) is 0.865. The second-order valence-electron chi connectivity index (χ2n) is 4.15. The van der Waals surface area contributed by atoms with Gasteiger partial charge >= 0.3 is 41.6 Å². The first-order chi connectivity index (χ1) is 7.67. The number of nitrogens with one attached hydrogen (secondary N) is 1. The van der Waals surface area contributed by atoms with Crippen molar-refractivity contribution in [3.05, 3.63) is 0 Å². The zero-order chi connectivity index (χ0) is 13.6. The Labute approximate surface area is 127 Å². The smallest absolute Gasteiger partial charge is 0.547 e. The van der Waals surface area contributed by atoms with E-state index in [2.05, 4.69) is 4.74 Å². The summed E-state index contributed by atoms with van der Waals surface area (Å²) in [6.07, 6.45) is -1.03. The molecule has 0 radical (unpaired) electrons. The molecule has 0 aromatic heterocycles. The Balaban J connectivity index is 0. The Morgan fingerprint density at radius 3 is 2.11 bits per heavy atom. The number of carboxylic acid groups (broad SMARTS) is 1. The number of hydrogen-bond donors (Lipinski definition) is 1. The quantitative estimate of drug-likeness (QED) is 0.319. The maximum Gasteiger partial charge on any atom is 1.00 e. The zero-order valence-electron chi connectivity index (χ0n) is 11.2. The van der Waals surface area contributed by atoms with Crippen molar-refractivity contribution in [3.8, 4) is 0 Å². The molecule has 0 aliphatic carbocycles. The third kappa shape index (κ3) is 8.32. The Hall–Kier alpha value is -0.790. The number of carbonyl (C=O) groups excluding carboxylic acids is 3. The maximum atomic E-state index is 11.3. The van der Waals surface area contributed by atoms with E-state index in [4.69, 9.17) is 4.74 Å². The second kappa shape index (κ2) is 8.34. The van der Waals surface area contributed by atoms with E-state index in [9.17, 15) is 19.5 Å². The van der Waals surface area contributed by atoms with Crippen molar-refractivity contribution in [1.82, 2.24) is 5.32 Å². The summed E-state index contributed by atoms with van der Waals surface area (Å²) in [7, 11) is 0. The van der Waals surface area contributed by atoms with Gasteiger partial charge in [0.05, 0.1) is 12.6 Å². The molecule has 1 amide bonds. The molecule has 0 bridgehead atoms. The standard InChI is InChI=1S/C10H17NO6.Na/c1-5-16-8(14)6(7(12)13)11-9(15)17-10(2,3)4;/h6H,5H2,1-4H3,(H,11,15)(H,12,13);/q;+1/p-1. The number of amides is 1. The average molecular weight is 269 g/mol. The summed E-state index contributed by atoms with van der Waals surface area (Å²) in [5.74, 6) is -2.85. The predicted octanol–water partition coefficient (Wildman–Crippen LogP) is -3.80. The Morgan fingerprint density at radius 2 is 1.78 bits per heavy atom. The topological polar surface area (TPSA) is 105 Å². The number of ether oxygens (including phenoxy) is 2. The first-order valence-corrected chi connectivity index (χ1v) is 5.04. The van der Waals surface area contributed by atoms with Gasteiger partial charge in [-0.25, -0.2) is 9.59 Å². The first-order valence-electron chi connectivity index (χ1n) is 5.04. The van der Waals surface area contributed by atoms with E-state index in [-0.39, 0.29) is 36.2 Å². The number of carboxylic acids is 1. The maximum absolute atomic E-state index is 11.3. The number of hydrogen-bond acceptors (Lipinski definition) is 6. The number of aliphatic carboxylic acids is 1. The molecule has 98 valence electrons. The van der Waals surface area contributed by atoms with Crippen LogP contribution >= 0.6 is 0 Å². The van der Waals surface area contributed by atoms with E-state index < -0.39 is 29.7 Å². The van der Waals surface area contributed by atoms with Crippen LogP contribution in [0.4, 0.5) is 4.79 Å². The van der Waals surface area contributed by atoms with Crippen molar-refractivity contribution >= 4 is 18.0 Å². The van der Waals surface area contributed by atoms with Crippen molar-refractivity contribution in [1.29, 1.82) is 0 Å². The van der Waals surface area contributed by atoms with E-state index in [1.54, 1.807) is 20.8 Å². The summed E-state index contributed by atoms with van der Waals surface area (Å²) in [6.45, 7) is 6.32. The van der Waals surface area contributed by atoms with E-state index >= 15 is 0 Å². The van der Waals surface area contributed by atoms with Gasteiger partial charge in [-0.15, -0.1) is 0 Å². The third-order valence-corrected chi connectivity index (χ3v) is 1.42. The van der Waals surface area contributed by atoms with E-state index in [0.717, 1.165) is 0 Å². The molecule has 0 rings (SSSR count). The van der Waals surface area contributed by atoms with Gasteiger partial charge in [-0.1, -0.05) is 0 Å². The molecule has 0 aliphatic rings. The zero-order valence-corrected chi connectivity index (χ0v) is 13.2. The molecule has 1 unspecified atom stereocenters. The van der Waals surface area contributed by atoms with Crippen LogP contribution in [-0.2, 0) is 19.1 Å². The molecule has 0 heterocycles. The van der Waals surface area contributed by atoms with Crippen LogP contribution in [-0.4, -0.2) is 36.3 Å². The van der Waals surface area contributed by atoms with Gasteiger partial charge in [0.15, 0.2) is 6.04 Å². The van der Waals surface area contributed by atoms with Gasteiger partial charge in [-0.3, -0.25) is 0 Å². The van der Waals surface area contributed by atoms with Crippen LogP contribution < -0.4 is 40.0 Å². The fourth-order valence-electron chi connectivity index (χ4n) is 0.865. The van der Waals surface area contributed by atoms with Crippen LogP contribution in [0.15, 0.2) is 0 Å². The summed E-state index contributed by atoms with van der Waals surface area (Å²) >= 11 is 0. The van der Waals surface area contributed by atoms with E-state index in [0.29, 0.717) is 0 Å². The second-order valence-corrected chi connectivity index (χ2v) is 4.15. The van der Waals surface area contributed by atoms with Gasteiger partial charge < -0.3 is 24.7 Å². The third-order valence-electron chi connectivity index (χ3n) is 1.42. The van der Waals surface area contributed by atoms with Crippen LogP contribution in [0.2, 0.25) is 0 Å². The van der Waals surface area contributed by atoms with Gasteiger partial charge in [0, 0.05) is 0 Å². The molecule has 0 spiro atoms. The molecule has 0 saturated heterocycles. The Morgan fingerprint density at radius 1 is 1.28 bits per heavy atom. The van der Waals surface area contributed by atoms with Crippen molar-refractivity contribution in [3.63, 3.8) is 0 Å². The molecule has 0 aliphatic heterocycles. The molecule has 0 aromatic rings. The summed E-state index contributed by atoms with van der Waals surface area (Å²) < 4.78 is 9.26. The van der Waals surface area contributed by atoms with Gasteiger partial charge in [-0.2, -0.15) is 0 Å². The average Bonchev–Trinajstić information content (AvgIpc) is 2.11. The molecule has 0 fully saturated rings. The largest absolute Gasteiger partial charge is 1.00 e. The van der Waals surface area contributed by atoms with Gasteiger partial charge in [0.25, 0.3) is 0 Å². The monoisotopic (exact) mass is 269 g/mol. The van der Waals surface area contributed by atoms with Crippen LogP contribution in [0.3, 0.4) is 0 Å². The molecule has 1 atom stereocenters. The summed E-state index contributed by atoms with van der Waals surface area (Å²) in [4.78, 5) is 33.1. The molecule has 7 nitrogen and oxygen atoms in total. The first kappa shape index (κ1) is 19.5. The number of carbonyl (C=O) groups is 3. The molecule has 18 heavy (non-hydrogen) atoms. The minimum Gasteiger partial charge on any atom is -0.547 e. The van der Waals surface area contributed by atoms with Crippen LogP contribution in [0.25, 0.3) is 0 Å². The molecule has 8 heteroatoms. The molecular formula is C10H16NNaO6. The van der Waals surface area contributed by atoms with Crippen LogP contribution in [0.5, 0.6) is 0 Å². The number of alkyl carbamates (subject to hydrolysis) is 1. The van der Waals surface area contributed by atoms with E-state index in [1.165, 1.54) is 6.92 Å². The SMILES string of the molecule is CCOC(=O)C(NC(=O)OC(C)(C)C)C(=O)[O-].[Na+]. The molecule has 0 aromatic carbocycles. The predicted molar refractivity (Wildman–Crippen MR) is 54.8 cm³/mol.